The van der Waals surface area contributed by atoms with Crippen LogP contribution in [-0.2, 0) is 6.42 Å². The van der Waals surface area contributed by atoms with Crippen LogP contribution < -0.4 is 5.32 Å². The molecular formula is C16H23Cl2N. The van der Waals surface area contributed by atoms with Gasteiger partial charge in [0.2, 0.25) is 0 Å². The average Bonchev–Trinajstić information content (AvgIpc) is 3.19. The predicted octanol–water partition coefficient (Wildman–Crippen LogP) is 5.09. The van der Waals surface area contributed by atoms with Crippen molar-refractivity contribution in [2.24, 2.45) is 5.92 Å². The fourth-order valence-corrected chi connectivity index (χ4v) is 2.91. The summed E-state index contributed by atoms with van der Waals surface area (Å²) in [6.45, 7) is 3.29. The molecule has 106 valence electrons. The van der Waals surface area contributed by atoms with Crippen LogP contribution in [0, 0.1) is 5.92 Å². The zero-order valence-electron chi connectivity index (χ0n) is 11.6. The first-order chi connectivity index (χ1) is 9.19. The minimum atomic E-state index is 0.541. The molecule has 1 saturated carbocycles. The summed E-state index contributed by atoms with van der Waals surface area (Å²) < 4.78 is 0. The Hall–Kier alpha value is -0.240. The molecule has 0 amide bonds. The Bertz CT molecular complexity index is 402. The first kappa shape index (κ1) is 15.2. The molecule has 19 heavy (non-hydrogen) atoms. The van der Waals surface area contributed by atoms with Crippen LogP contribution in [0.5, 0.6) is 0 Å². The maximum absolute atomic E-state index is 6.27. The SMILES string of the molecule is CCCNC(CCC1CC1)Cc1ccc(Cl)cc1Cl. The summed E-state index contributed by atoms with van der Waals surface area (Å²) in [5.74, 6) is 0.992. The van der Waals surface area contributed by atoms with E-state index in [2.05, 4.69) is 18.3 Å². The lowest BCUT2D eigenvalue weighted by Crippen LogP contribution is -2.32. The molecule has 0 spiro atoms. The normalized spacial score (nSPS) is 16.6. The van der Waals surface area contributed by atoms with E-state index in [0.29, 0.717) is 11.1 Å². The second-order valence-electron chi connectivity index (χ2n) is 5.61. The van der Waals surface area contributed by atoms with Gasteiger partial charge in [0.1, 0.15) is 0 Å². The summed E-state index contributed by atoms with van der Waals surface area (Å²) in [6, 6.07) is 6.37. The van der Waals surface area contributed by atoms with Gasteiger partial charge < -0.3 is 5.32 Å². The van der Waals surface area contributed by atoms with E-state index in [0.717, 1.165) is 23.9 Å². The molecule has 0 aromatic heterocycles. The number of nitrogens with one attached hydrogen (secondary N) is 1. The van der Waals surface area contributed by atoms with E-state index in [4.69, 9.17) is 23.2 Å². The van der Waals surface area contributed by atoms with Gasteiger partial charge in [0, 0.05) is 16.1 Å². The summed E-state index contributed by atoms with van der Waals surface area (Å²) in [6.07, 6.45) is 7.65. The van der Waals surface area contributed by atoms with Gasteiger partial charge >= 0.3 is 0 Å². The van der Waals surface area contributed by atoms with E-state index in [-0.39, 0.29) is 0 Å². The summed E-state index contributed by atoms with van der Waals surface area (Å²) in [5.41, 5.74) is 1.20. The highest BCUT2D eigenvalue weighted by Crippen LogP contribution is 2.34. The Morgan fingerprint density at radius 2 is 2.11 bits per heavy atom. The third kappa shape index (κ3) is 5.33. The summed E-state index contributed by atoms with van der Waals surface area (Å²) in [7, 11) is 0. The van der Waals surface area contributed by atoms with Gasteiger partial charge in [0.25, 0.3) is 0 Å². The zero-order chi connectivity index (χ0) is 13.7. The molecule has 1 aliphatic rings. The van der Waals surface area contributed by atoms with Crippen LogP contribution in [0.4, 0.5) is 0 Å². The Morgan fingerprint density at radius 1 is 1.32 bits per heavy atom. The number of hydrogen-bond acceptors (Lipinski definition) is 1. The minimum absolute atomic E-state index is 0.541. The number of hydrogen-bond donors (Lipinski definition) is 1. The average molecular weight is 300 g/mol. The minimum Gasteiger partial charge on any atom is -0.314 e. The molecule has 0 saturated heterocycles. The molecule has 1 aliphatic carbocycles. The van der Waals surface area contributed by atoms with Crippen LogP contribution in [0.3, 0.4) is 0 Å². The fourth-order valence-electron chi connectivity index (χ4n) is 2.42. The van der Waals surface area contributed by atoms with Crippen LogP contribution in [0.1, 0.15) is 44.6 Å². The molecule has 3 heteroatoms. The van der Waals surface area contributed by atoms with Crippen LogP contribution in [0.15, 0.2) is 18.2 Å². The van der Waals surface area contributed by atoms with Crippen molar-refractivity contribution in [3.8, 4) is 0 Å². The molecule has 1 nitrogen and oxygen atoms in total. The van der Waals surface area contributed by atoms with Crippen molar-refractivity contribution in [3.05, 3.63) is 33.8 Å². The van der Waals surface area contributed by atoms with Gasteiger partial charge in [-0.3, -0.25) is 0 Å². The van der Waals surface area contributed by atoms with Gasteiger partial charge in [-0.05, 0) is 55.8 Å². The molecule has 1 atom stereocenters. The maximum atomic E-state index is 6.27. The van der Waals surface area contributed by atoms with Gasteiger partial charge in [0.05, 0.1) is 0 Å². The quantitative estimate of drug-likeness (QED) is 0.704. The van der Waals surface area contributed by atoms with Crippen molar-refractivity contribution < 1.29 is 0 Å². The standard InChI is InChI=1S/C16H23Cl2N/c1-2-9-19-15(8-5-12-3-4-12)10-13-6-7-14(17)11-16(13)18/h6-7,11-12,15,19H,2-5,8-10H2,1H3. The molecule has 2 rings (SSSR count). The summed E-state index contributed by atoms with van der Waals surface area (Å²) in [5, 5.41) is 5.16. The highest BCUT2D eigenvalue weighted by molar-refractivity contribution is 6.35. The van der Waals surface area contributed by atoms with Crippen LogP contribution in [0.2, 0.25) is 10.0 Å². The van der Waals surface area contributed by atoms with Crippen molar-refractivity contribution in [1.82, 2.24) is 5.32 Å². The lowest BCUT2D eigenvalue weighted by atomic mass is 10.00. The van der Waals surface area contributed by atoms with Crippen molar-refractivity contribution in [1.29, 1.82) is 0 Å². The van der Waals surface area contributed by atoms with Gasteiger partial charge in [0.15, 0.2) is 0 Å². The van der Waals surface area contributed by atoms with Crippen molar-refractivity contribution in [2.45, 2.75) is 51.5 Å². The Balaban J connectivity index is 1.92. The van der Waals surface area contributed by atoms with Crippen LogP contribution >= 0.6 is 23.2 Å². The molecule has 0 heterocycles. The summed E-state index contributed by atoms with van der Waals surface area (Å²) in [4.78, 5) is 0. The molecular weight excluding hydrogens is 277 g/mol. The molecule has 0 radical (unpaired) electrons. The zero-order valence-corrected chi connectivity index (χ0v) is 13.1. The van der Waals surface area contributed by atoms with Gasteiger partial charge in [-0.15, -0.1) is 0 Å². The highest BCUT2D eigenvalue weighted by Gasteiger charge is 2.22. The fraction of sp³-hybridized carbons (Fsp3) is 0.625. The van der Waals surface area contributed by atoms with E-state index < -0.39 is 0 Å². The largest absolute Gasteiger partial charge is 0.314 e. The molecule has 1 N–H and O–H groups in total. The third-order valence-corrected chi connectivity index (χ3v) is 4.37. The predicted molar refractivity (Wildman–Crippen MR) is 84.2 cm³/mol. The highest BCUT2D eigenvalue weighted by atomic mass is 35.5. The molecule has 1 aromatic rings. The molecule has 1 unspecified atom stereocenters. The maximum Gasteiger partial charge on any atom is 0.0453 e. The van der Waals surface area contributed by atoms with E-state index in [9.17, 15) is 0 Å². The van der Waals surface area contributed by atoms with Crippen molar-refractivity contribution in [3.63, 3.8) is 0 Å². The first-order valence-electron chi connectivity index (χ1n) is 7.36. The number of halogens is 2. The molecule has 1 fully saturated rings. The Kier molecular flexibility index (Phi) is 6.00. The van der Waals surface area contributed by atoms with E-state index in [1.807, 2.05) is 12.1 Å². The first-order valence-corrected chi connectivity index (χ1v) is 8.12. The second kappa shape index (κ2) is 7.52. The van der Waals surface area contributed by atoms with Crippen LogP contribution in [-0.4, -0.2) is 12.6 Å². The van der Waals surface area contributed by atoms with Crippen molar-refractivity contribution in [2.75, 3.05) is 6.54 Å². The van der Waals surface area contributed by atoms with Crippen LogP contribution in [0.25, 0.3) is 0 Å². The Morgan fingerprint density at radius 3 is 2.74 bits per heavy atom. The van der Waals surface area contributed by atoms with E-state index in [1.165, 1.54) is 37.7 Å². The second-order valence-corrected chi connectivity index (χ2v) is 6.46. The van der Waals surface area contributed by atoms with Gasteiger partial charge in [-0.25, -0.2) is 0 Å². The summed E-state index contributed by atoms with van der Waals surface area (Å²) >= 11 is 12.2. The topological polar surface area (TPSA) is 12.0 Å². The van der Waals surface area contributed by atoms with E-state index >= 15 is 0 Å². The van der Waals surface area contributed by atoms with Gasteiger partial charge in [-0.2, -0.15) is 0 Å². The smallest absolute Gasteiger partial charge is 0.0453 e. The third-order valence-electron chi connectivity index (χ3n) is 3.78. The molecule has 0 aliphatic heterocycles. The molecule has 1 aromatic carbocycles. The lowest BCUT2D eigenvalue weighted by molar-refractivity contribution is 0.452. The van der Waals surface area contributed by atoms with Crippen molar-refractivity contribution >= 4 is 23.2 Å². The number of rotatable bonds is 8. The number of benzene rings is 1. The monoisotopic (exact) mass is 299 g/mol. The molecule has 0 bridgehead atoms. The Labute approximate surface area is 126 Å². The van der Waals surface area contributed by atoms with E-state index in [1.54, 1.807) is 0 Å². The van der Waals surface area contributed by atoms with Gasteiger partial charge in [-0.1, -0.05) is 49.0 Å². The lowest BCUT2D eigenvalue weighted by Gasteiger charge is -2.19.